The summed E-state index contributed by atoms with van der Waals surface area (Å²) in [6.45, 7) is 4.05. The highest BCUT2D eigenvalue weighted by Gasteiger charge is 2.26. The minimum atomic E-state index is -1.05. The van der Waals surface area contributed by atoms with Crippen LogP contribution in [-0.2, 0) is 0 Å². The van der Waals surface area contributed by atoms with Crippen molar-refractivity contribution in [1.82, 2.24) is 9.78 Å². The molecule has 0 unspecified atom stereocenters. The van der Waals surface area contributed by atoms with Crippen LogP contribution in [0.2, 0.25) is 0 Å². The van der Waals surface area contributed by atoms with Crippen LogP contribution in [0.3, 0.4) is 0 Å². The zero-order valence-electron chi connectivity index (χ0n) is 16.6. The van der Waals surface area contributed by atoms with Gasteiger partial charge in [0.2, 0.25) is 0 Å². The molecule has 0 bridgehead atoms. The van der Waals surface area contributed by atoms with Crippen LogP contribution in [-0.4, -0.2) is 20.9 Å². The summed E-state index contributed by atoms with van der Waals surface area (Å²) in [6.07, 6.45) is 0. The minimum Gasteiger partial charge on any atom is -0.478 e. The number of benzene rings is 3. The Hall–Kier alpha value is -4.17. The van der Waals surface area contributed by atoms with E-state index >= 15 is 0 Å². The number of carboxylic acid groups (broad SMARTS) is 1. The van der Waals surface area contributed by atoms with E-state index in [-0.39, 0.29) is 5.56 Å². The fourth-order valence-corrected chi connectivity index (χ4v) is 3.43. The van der Waals surface area contributed by atoms with Gasteiger partial charge in [0.25, 0.3) is 0 Å². The summed E-state index contributed by atoms with van der Waals surface area (Å²) in [5.41, 5.74) is 5.97. The zero-order chi connectivity index (χ0) is 21.3. The van der Waals surface area contributed by atoms with E-state index in [1.165, 1.54) is 0 Å². The molecule has 0 radical (unpaired) electrons. The molecule has 0 saturated carbocycles. The monoisotopic (exact) mass is 393 g/mol. The molecule has 0 aliphatic carbocycles. The van der Waals surface area contributed by atoms with Crippen LogP contribution in [0.5, 0.6) is 0 Å². The Morgan fingerprint density at radius 2 is 1.63 bits per heavy atom. The van der Waals surface area contributed by atoms with Crippen molar-refractivity contribution < 1.29 is 9.90 Å². The van der Waals surface area contributed by atoms with E-state index in [4.69, 9.17) is 10.4 Å². The van der Waals surface area contributed by atoms with Crippen LogP contribution in [0, 0.1) is 25.2 Å². The van der Waals surface area contributed by atoms with E-state index in [0.717, 1.165) is 22.4 Å². The van der Waals surface area contributed by atoms with Crippen molar-refractivity contribution in [2.24, 2.45) is 0 Å². The number of aromatic carboxylic acids is 1. The molecule has 146 valence electrons. The van der Waals surface area contributed by atoms with E-state index in [0.29, 0.717) is 22.5 Å². The summed E-state index contributed by atoms with van der Waals surface area (Å²) in [6, 6.07) is 24.2. The van der Waals surface area contributed by atoms with Gasteiger partial charge in [-0.15, -0.1) is 0 Å². The smallest absolute Gasteiger partial charge is 0.340 e. The number of rotatable bonds is 4. The van der Waals surface area contributed by atoms with Gasteiger partial charge in [-0.1, -0.05) is 48.5 Å². The fourth-order valence-electron chi connectivity index (χ4n) is 3.43. The van der Waals surface area contributed by atoms with E-state index in [1.807, 2.05) is 62.4 Å². The van der Waals surface area contributed by atoms with Gasteiger partial charge < -0.3 is 5.11 Å². The first-order valence-electron chi connectivity index (χ1n) is 9.49. The number of nitrogens with zero attached hydrogens (tertiary/aromatic N) is 3. The Kier molecular flexibility index (Phi) is 4.91. The second-order valence-corrected chi connectivity index (χ2v) is 7.11. The van der Waals surface area contributed by atoms with Gasteiger partial charge in [-0.25, -0.2) is 9.48 Å². The predicted molar refractivity (Wildman–Crippen MR) is 116 cm³/mol. The molecule has 30 heavy (non-hydrogen) atoms. The van der Waals surface area contributed by atoms with Crippen LogP contribution >= 0.6 is 0 Å². The maximum atomic E-state index is 12.4. The lowest BCUT2D eigenvalue weighted by Crippen LogP contribution is -2.03. The summed E-state index contributed by atoms with van der Waals surface area (Å²) < 4.78 is 1.69. The number of nitriles is 1. The highest BCUT2D eigenvalue weighted by molar-refractivity contribution is 6.02. The molecule has 0 spiro atoms. The van der Waals surface area contributed by atoms with Crippen molar-refractivity contribution in [2.75, 3.05) is 0 Å². The topological polar surface area (TPSA) is 78.9 Å². The normalized spacial score (nSPS) is 10.6. The summed E-state index contributed by atoms with van der Waals surface area (Å²) in [5.74, 6) is -1.05. The number of hydrogen-bond acceptors (Lipinski definition) is 3. The van der Waals surface area contributed by atoms with Crippen molar-refractivity contribution in [3.63, 3.8) is 0 Å². The van der Waals surface area contributed by atoms with Crippen molar-refractivity contribution in [3.05, 3.63) is 95.1 Å². The molecule has 3 aromatic carbocycles. The molecule has 0 fully saturated rings. The average Bonchev–Trinajstić information content (AvgIpc) is 3.17. The molecular weight excluding hydrogens is 374 g/mol. The third-order valence-corrected chi connectivity index (χ3v) is 5.17. The maximum Gasteiger partial charge on any atom is 0.340 e. The van der Waals surface area contributed by atoms with Crippen LogP contribution < -0.4 is 0 Å². The first-order valence-corrected chi connectivity index (χ1v) is 9.49. The average molecular weight is 393 g/mol. The molecular formula is C25H19N3O2. The van der Waals surface area contributed by atoms with Gasteiger partial charge in [-0.3, -0.25) is 0 Å². The lowest BCUT2D eigenvalue weighted by molar-refractivity contribution is 0.0698. The van der Waals surface area contributed by atoms with E-state index in [2.05, 4.69) is 6.07 Å². The summed E-state index contributed by atoms with van der Waals surface area (Å²) in [7, 11) is 0. The Morgan fingerprint density at radius 3 is 2.23 bits per heavy atom. The molecule has 0 atom stereocenters. The van der Waals surface area contributed by atoms with Crippen molar-refractivity contribution in [1.29, 1.82) is 5.26 Å². The number of carboxylic acids is 1. The molecule has 1 N–H and O–H groups in total. The molecule has 0 aliphatic rings. The largest absolute Gasteiger partial charge is 0.478 e. The van der Waals surface area contributed by atoms with Gasteiger partial charge >= 0.3 is 5.97 Å². The molecule has 4 aromatic rings. The van der Waals surface area contributed by atoms with Gasteiger partial charge in [-0.05, 0) is 49.2 Å². The minimum absolute atomic E-state index is 0.129. The van der Waals surface area contributed by atoms with Gasteiger partial charge in [0.1, 0.15) is 11.3 Å². The molecule has 0 aliphatic heterocycles. The second kappa shape index (κ2) is 7.69. The third kappa shape index (κ3) is 3.36. The molecule has 1 heterocycles. The summed E-state index contributed by atoms with van der Waals surface area (Å²) in [5, 5.41) is 23.9. The Bertz CT molecular complexity index is 1280. The fraction of sp³-hybridized carbons (Fsp3) is 0.0800. The number of carbonyl (C=O) groups is 1. The number of aryl methyl sites for hydroxylation is 2. The zero-order valence-corrected chi connectivity index (χ0v) is 16.6. The van der Waals surface area contributed by atoms with E-state index in [1.54, 1.807) is 28.9 Å². The van der Waals surface area contributed by atoms with E-state index < -0.39 is 5.97 Å². The van der Waals surface area contributed by atoms with Crippen LogP contribution in [0.4, 0.5) is 0 Å². The van der Waals surface area contributed by atoms with Crippen LogP contribution in [0.25, 0.3) is 28.2 Å². The molecule has 0 saturated heterocycles. The maximum absolute atomic E-state index is 12.4. The number of hydrogen-bond donors (Lipinski definition) is 1. The first kappa shape index (κ1) is 19.2. The van der Waals surface area contributed by atoms with Gasteiger partial charge in [0.15, 0.2) is 0 Å². The Morgan fingerprint density at radius 1 is 0.933 bits per heavy atom. The second-order valence-electron chi connectivity index (χ2n) is 7.11. The third-order valence-electron chi connectivity index (χ3n) is 5.17. The molecule has 5 heteroatoms. The van der Waals surface area contributed by atoms with Gasteiger partial charge in [0.05, 0.1) is 23.0 Å². The lowest BCUT2D eigenvalue weighted by atomic mass is 10.0. The summed E-state index contributed by atoms with van der Waals surface area (Å²) in [4.78, 5) is 12.4. The van der Waals surface area contributed by atoms with Crippen molar-refractivity contribution in [3.8, 4) is 34.3 Å². The van der Waals surface area contributed by atoms with Gasteiger partial charge in [-0.2, -0.15) is 10.4 Å². The SMILES string of the molecule is Cc1ccc(-n2nc(-c3ccc(C#N)cc3)c(C(=O)O)c2-c2ccccc2)cc1C. The Balaban J connectivity index is 2.04. The lowest BCUT2D eigenvalue weighted by Gasteiger charge is -2.10. The first-order chi connectivity index (χ1) is 14.5. The van der Waals surface area contributed by atoms with Crippen molar-refractivity contribution >= 4 is 5.97 Å². The van der Waals surface area contributed by atoms with Gasteiger partial charge in [0, 0.05) is 11.1 Å². The molecule has 1 aromatic heterocycles. The Labute approximate surface area is 174 Å². The predicted octanol–water partition coefficient (Wildman–Crippen LogP) is 5.39. The highest BCUT2D eigenvalue weighted by atomic mass is 16.4. The highest BCUT2D eigenvalue weighted by Crippen LogP contribution is 2.34. The molecule has 5 nitrogen and oxygen atoms in total. The molecule has 0 amide bonds. The standard InChI is InChI=1S/C25H19N3O2/c1-16-8-13-21(14-17(16)2)28-24(20-6-4-3-5-7-20)22(25(29)30)23(27-28)19-11-9-18(15-26)10-12-19/h3-14H,1-2H3,(H,29,30). The number of aromatic nitrogens is 2. The van der Waals surface area contributed by atoms with E-state index in [9.17, 15) is 9.90 Å². The van der Waals surface area contributed by atoms with Crippen LogP contribution in [0.15, 0.2) is 72.8 Å². The van der Waals surface area contributed by atoms with Crippen LogP contribution in [0.1, 0.15) is 27.0 Å². The van der Waals surface area contributed by atoms with Crippen molar-refractivity contribution in [2.45, 2.75) is 13.8 Å². The molecule has 4 rings (SSSR count). The summed E-state index contributed by atoms with van der Waals surface area (Å²) >= 11 is 0. The quantitative estimate of drug-likeness (QED) is 0.504.